The minimum Gasteiger partial charge on any atom is -0.379 e. The normalized spacial score (nSPS) is 26.3. The quantitative estimate of drug-likeness (QED) is 0.853. The number of hydrogen-bond acceptors (Lipinski definition) is 3. The highest BCUT2D eigenvalue weighted by Crippen LogP contribution is 2.30. The third-order valence-corrected chi connectivity index (χ3v) is 3.81. The van der Waals surface area contributed by atoms with E-state index in [9.17, 15) is 0 Å². The van der Waals surface area contributed by atoms with Crippen LogP contribution >= 0.6 is 0 Å². The van der Waals surface area contributed by atoms with E-state index in [0.717, 1.165) is 13.0 Å². The van der Waals surface area contributed by atoms with Crippen molar-refractivity contribution in [2.75, 3.05) is 19.0 Å². The van der Waals surface area contributed by atoms with Gasteiger partial charge in [0.2, 0.25) is 0 Å². The maximum Gasteiger partial charge on any atom is 0.103 e. The first kappa shape index (κ1) is 14.4. The third-order valence-electron chi connectivity index (χ3n) is 3.81. The number of rotatable bonds is 6. The lowest BCUT2D eigenvalue weighted by Crippen LogP contribution is -2.56. The highest BCUT2D eigenvalue weighted by atomic mass is 16.5. The molecule has 0 spiro atoms. The average Bonchev–Trinajstić information content (AvgIpc) is 2.38. The fourth-order valence-corrected chi connectivity index (χ4v) is 2.62. The van der Waals surface area contributed by atoms with Gasteiger partial charge < -0.3 is 14.8 Å². The van der Waals surface area contributed by atoms with Crippen molar-refractivity contribution in [2.45, 2.75) is 51.4 Å². The Bertz CT molecular complexity index is 405. The zero-order chi connectivity index (χ0) is 13.8. The first-order valence-corrected chi connectivity index (χ1v) is 7.16. The van der Waals surface area contributed by atoms with E-state index >= 15 is 0 Å². The molecule has 1 aromatic carbocycles. The van der Waals surface area contributed by atoms with Gasteiger partial charge in [-0.25, -0.2) is 0 Å². The average molecular weight is 263 g/mol. The summed E-state index contributed by atoms with van der Waals surface area (Å²) in [6.07, 6.45) is 1.40. The molecule has 1 aliphatic rings. The van der Waals surface area contributed by atoms with Crippen LogP contribution in [0.3, 0.4) is 0 Å². The van der Waals surface area contributed by atoms with E-state index in [4.69, 9.17) is 9.47 Å². The van der Waals surface area contributed by atoms with Gasteiger partial charge in [0.05, 0.1) is 12.1 Å². The van der Waals surface area contributed by atoms with Crippen molar-refractivity contribution in [3.63, 3.8) is 0 Å². The van der Waals surface area contributed by atoms with Crippen molar-refractivity contribution < 1.29 is 9.47 Å². The van der Waals surface area contributed by atoms with Crippen LogP contribution in [-0.2, 0) is 9.47 Å². The van der Waals surface area contributed by atoms with Crippen molar-refractivity contribution in [3.05, 3.63) is 29.8 Å². The molecule has 3 atom stereocenters. The van der Waals surface area contributed by atoms with Gasteiger partial charge in [-0.1, -0.05) is 26.0 Å². The van der Waals surface area contributed by atoms with Crippen LogP contribution in [0.5, 0.6) is 0 Å². The zero-order valence-corrected chi connectivity index (χ0v) is 12.3. The zero-order valence-electron chi connectivity index (χ0n) is 12.3. The van der Waals surface area contributed by atoms with E-state index in [1.807, 2.05) is 6.92 Å². The smallest absolute Gasteiger partial charge is 0.103 e. The van der Waals surface area contributed by atoms with Crippen LogP contribution in [0.2, 0.25) is 0 Å². The van der Waals surface area contributed by atoms with E-state index in [1.165, 1.54) is 11.3 Å². The van der Waals surface area contributed by atoms with Crippen molar-refractivity contribution in [1.29, 1.82) is 0 Å². The molecule has 1 saturated carbocycles. The molecule has 0 saturated heterocycles. The Morgan fingerprint density at radius 2 is 2.16 bits per heavy atom. The number of ether oxygens (including phenoxy) is 2. The van der Waals surface area contributed by atoms with Gasteiger partial charge in [-0.05, 0) is 37.0 Å². The molecule has 106 valence electrons. The van der Waals surface area contributed by atoms with Gasteiger partial charge in [0, 0.05) is 19.4 Å². The van der Waals surface area contributed by atoms with Crippen LogP contribution in [0.15, 0.2) is 24.3 Å². The Morgan fingerprint density at radius 1 is 1.37 bits per heavy atom. The Morgan fingerprint density at radius 3 is 2.79 bits per heavy atom. The van der Waals surface area contributed by atoms with Crippen LogP contribution in [0.25, 0.3) is 0 Å². The molecule has 0 bridgehead atoms. The van der Waals surface area contributed by atoms with Crippen LogP contribution < -0.4 is 5.32 Å². The van der Waals surface area contributed by atoms with Gasteiger partial charge in [-0.2, -0.15) is 0 Å². The summed E-state index contributed by atoms with van der Waals surface area (Å²) in [6, 6.07) is 8.98. The molecule has 0 radical (unpaired) electrons. The van der Waals surface area contributed by atoms with Gasteiger partial charge in [-0.3, -0.25) is 0 Å². The molecule has 3 nitrogen and oxygen atoms in total. The van der Waals surface area contributed by atoms with Gasteiger partial charge in [0.1, 0.15) is 6.10 Å². The number of nitrogens with one attached hydrogen (secondary N) is 1. The first-order valence-electron chi connectivity index (χ1n) is 7.16. The number of hydrogen-bond donors (Lipinski definition) is 1. The van der Waals surface area contributed by atoms with Crippen molar-refractivity contribution >= 4 is 5.69 Å². The standard InChI is InChI=1S/C16H25NO2/c1-5-19-15-10-14(16(15)18-4)17-13-8-6-7-12(9-13)11(2)3/h6-9,11,14-17H,5,10H2,1-4H3. The van der Waals surface area contributed by atoms with Crippen molar-refractivity contribution in [1.82, 2.24) is 0 Å². The molecule has 3 heteroatoms. The number of anilines is 1. The minimum absolute atomic E-state index is 0.155. The van der Waals surface area contributed by atoms with E-state index in [0.29, 0.717) is 12.0 Å². The van der Waals surface area contributed by atoms with E-state index < -0.39 is 0 Å². The lowest BCUT2D eigenvalue weighted by Gasteiger charge is -2.43. The van der Waals surface area contributed by atoms with E-state index in [1.54, 1.807) is 7.11 Å². The van der Waals surface area contributed by atoms with Crippen LogP contribution in [0.1, 0.15) is 38.7 Å². The predicted molar refractivity (Wildman–Crippen MR) is 78.8 cm³/mol. The summed E-state index contributed by atoms with van der Waals surface area (Å²) >= 11 is 0. The van der Waals surface area contributed by atoms with Crippen molar-refractivity contribution in [2.24, 2.45) is 0 Å². The first-order chi connectivity index (χ1) is 9.15. The molecule has 1 N–H and O–H groups in total. The van der Waals surface area contributed by atoms with Gasteiger partial charge in [0.25, 0.3) is 0 Å². The lowest BCUT2D eigenvalue weighted by molar-refractivity contribution is -0.118. The Labute approximate surface area is 116 Å². The van der Waals surface area contributed by atoms with Gasteiger partial charge in [0.15, 0.2) is 0 Å². The summed E-state index contributed by atoms with van der Waals surface area (Å²) in [4.78, 5) is 0. The number of methoxy groups -OCH3 is 1. The fraction of sp³-hybridized carbons (Fsp3) is 0.625. The largest absolute Gasteiger partial charge is 0.379 e. The summed E-state index contributed by atoms with van der Waals surface area (Å²) in [7, 11) is 1.76. The van der Waals surface area contributed by atoms with Crippen LogP contribution in [0.4, 0.5) is 5.69 Å². The second-order valence-electron chi connectivity index (χ2n) is 5.46. The van der Waals surface area contributed by atoms with E-state index in [2.05, 4.69) is 43.4 Å². The molecule has 0 aliphatic heterocycles. The molecule has 1 fully saturated rings. The molecule has 3 unspecified atom stereocenters. The minimum atomic E-state index is 0.155. The Kier molecular flexibility index (Phi) is 4.83. The molecule has 0 aromatic heterocycles. The van der Waals surface area contributed by atoms with Crippen LogP contribution in [0, 0.1) is 0 Å². The maximum absolute atomic E-state index is 5.65. The summed E-state index contributed by atoms with van der Waals surface area (Å²) in [5.74, 6) is 0.553. The van der Waals surface area contributed by atoms with Crippen LogP contribution in [-0.4, -0.2) is 32.0 Å². The predicted octanol–water partition coefficient (Wildman–Crippen LogP) is 3.41. The van der Waals surface area contributed by atoms with E-state index in [-0.39, 0.29) is 12.2 Å². The van der Waals surface area contributed by atoms with Gasteiger partial charge in [-0.15, -0.1) is 0 Å². The molecular weight excluding hydrogens is 238 g/mol. The molecule has 2 rings (SSSR count). The Hall–Kier alpha value is -1.06. The van der Waals surface area contributed by atoms with Crippen molar-refractivity contribution in [3.8, 4) is 0 Å². The highest BCUT2D eigenvalue weighted by Gasteiger charge is 2.42. The Balaban J connectivity index is 1.96. The molecule has 0 amide bonds. The highest BCUT2D eigenvalue weighted by molar-refractivity contribution is 5.48. The summed E-state index contributed by atoms with van der Waals surface area (Å²) in [5, 5.41) is 3.56. The molecule has 19 heavy (non-hydrogen) atoms. The molecule has 1 aliphatic carbocycles. The molecule has 1 aromatic rings. The SMILES string of the molecule is CCOC1CC(Nc2cccc(C(C)C)c2)C1OC. The molecular formula is C16H25NO2. The maximum atomic E-state index is 5.65. The second kappa shape index (κ2) is 6.40. The monoisotopic (exact) mass is 263 g/mol. The molecule has 0 heterocycles. The summed E-state index contributed by atoms with van der Waals surface area (Å²) in [6.45, 7) is 7.21. The summed E-state index contributed by atoms with van der Waals surface area (Å²) < 4.78 is 11.2. The third kappa shape index (κ3) is 3.28. The lowest BCUT2D eigenvalue weighted by atomic mass is 9.85. The second-order valence-corrected chi connectivity index (χ2v) is 5.46. The van der Waals surface area contributed by atoms with Gasteiger partial charge >= 0.3 is 0 Å². The topological polar surface area (TPSA) is 30.5 Å². The number of benzene rings is 1. The fourth-order valence-electron chi connectivity index (χ4n) is 2.62. The summed E-state index contributed by atoms with van der Waals surface area (Å²) in [5.41, 5.74) is 2.54.